The molecule has 1 aliphatic rings. The maximum absolute atomic E-state index is 11.1. The molecule has 1 saturated heterocycles. The molecule has 0 saturated carbocycles. The van der Waals surface area contributed by atoms with Crippen LogP contribution in [0.1, 0.15) is 28.8 Å². The molecule has 0 spiro atoms. The van der Waals surface area contributed by atoms with Crippen LogP contribution >= 0.6 is 0 Å². The molecule has 1 amide bonds. The molecule has 4 nitrogen and oxygen atoms in total. The molecule has 1 aromatic carbocycles. The van der Waals surface area contributed by atoms with Crippen molar-refractivity contribution in [3.05, 3.63) is 35.4 Å². The molecule has 0 atom stereocenters. The minimum absolute atomic E-state index is 0.350. The Kier molecular flexibility index (Phi) is 3.76. The Hall–Kier alpha value is -1.39. The molecule has 0 aliphatic carbocycles. The van der Waals surface area contributed by atoms with Gasteiger partial charge in [-0.2, -0.15) is 0 Å². The van der Waals surface area contributed by atoms with Crippen molar-refractivity contribution in [1.82, 2.24) is 4.90 Å². The highest BCUT2D eigenvalue weighted by Crippen LogP contribution is 2.13. The number of nitrogens with zero attached hydrogens (tertiary/aromatic N) is 1. The number of amides is 1. The third-order valence-electron chi connectivity index (χ3n) is 3.25. The Bertz CT molecular complexity index is 397. The molecule has 4 N–H and O–H groups in total. The molecule has 2 rings (SSSR count). The lowest BCUT2D eigenvalue weighted by Crippen LogP contribution is -2.39. The first-order chi connectivity index (χ1) is 8.15. The lowest BCUT2D eigenvalue weighted by molar-refractivity contribution is 0.1000. The topological polar surface area (TPSA) is 72.4 Å². The van der Waals surface area contributed by atoms with E-state index in [4.69, 9.17) is 11.5 Å². The van der Waals surface area contributed by atoms with Crippen LogP contribution in [0.4, 0.5) is 0 Å². The van der Waals surface area contributed by atoms with Crippen LogP contribution in [0.25, 0.3) is 0 Å². The van der Waals surface area contributed by atoms with Gasteiger partial charge in [-0.05, 0) is 43.6 Å². The van der Waals surface area contributed by atoms with Crippen LogP contribution in [0.3, 0.4) is 0 Å². The van der Waals surface area contributed by atoms with Crippen LogP contribution in [0, 0.1) is 0 Å². The number of primary amides is 1. The monoisotopic (exact) mass is 233 g/mol. The van der Waals surface area contributed by atoms with Gasteiger partial charge < -0.3 is 11.5 Å². The van der Waals surface area contributed by atoms with Gasteiger partial charge in [-0.15, -0.1) is 0 Å². The summed E-state index contributed by atoms with van der Waals surface area (Å²) in [6.45, 7) is 2.93. The Morgan fingerprint density at radius 1 is 1.35 bits per heavy atom. The predicted molar refractivity (Wildman–Crippen MR) is 67.4 cm³/mol. The molecule has 0 unspecified atom stereocenters. The van der Waals surface area contributed by atoms with Gasteiger partial charge in [-0.3, -0.25) is 9.69 Å². The molecule has 1 fully saturated rings. The highest BCUT2D eigenvalue weighted by Gasteiger charge is 2.16. The SMILES string of the molecule is NC(=O)c1cccc(CN2CCC(N)CC2)c1. The van der Waals surface area contributed by atoms with Crippen LogP contribution in [-0.2, 0) is 6.54 Å². The summed E-state index contributed by atoms with van der Waals surface area (Å²) >= 11 is 0. The largest absolute Gasteiger partial charge is 0.366 e. The zero-order valence-corrected chi connectivity index (χ0v) is 9.93. The Morgan fingerprint density at radius 2 is 2.06 bits per heavy atom. The predicted octanol–water partition coefficient (Wildman–Crippen LogP) is 0.709. The number of carbonyl (C=O) groups excluding carboxylic acids is 1. The summed E-state index contributed by atoms with van der Waals surface area (Å²) in [5, 5.41) is 0. The Morgan fingerprint density at radius 3 is 2.71 bits per heavy atom. The maximum atomic E-state index is 11.1. The number of piperidine rings is 1. The summed E-state index contributed by atoms with van der Waals surface area (Å²) in [5.74, 6) is -0.368. The van der Waals surface area contributed by atoms with E-state index in [1.54, 1.807) is 6.07 Å². The molecule has 4 heteroatoms. The fourth-order valence-electron chi connectivity index (χ4n) is 2.19. The summed E-state index contributed by atoms with van der Waals surface area (Å²) in [4.78, 5) is 13.4. The normalized spacial score (nSPS) is 18.2. The van der Waals surface area contributed by atoms with Crippen LogP contribution in [0.15, 0.2) is 24.3 Å². The van der Waals surface area contributed by atoms with Crippen molar-refractivity contribution >= 4 is 5.91 Å². The summed E-state index contributed by atoms with van der Waals surface area (Å²) in [5.41, 5.74) is 12.8. The molecule has 0 bridgehead atoms. The summed E-state index contributed by atoms with van der Waals surface area (Å²) < 4.78 is 0. The van der Waals surface area contributed by atoms with Gasteiger partial charge >= 0.3 is 0 Å². The fourth-order valence-corrected chi connectivity index (χ4v) is 2.19. The van der Waals surface area contributed by atoms with E-state index in [9.17, 15) is 4.79 Å². The fraction of sp³-hybridized carbons (Fsp3) is 0.462. The number of hydrogen-bond acceptors (Lipinski definition) is 3. The molecular weight excluding hydrogens is 214 g/mol. The van der Waals surface area contributed by atoms with E-state index < -0.39 is 0 Å². The second-order valence-corrected chi connectivity index (χ2v) is 4.68. The van der Waals surface area contributed by atoms with E-state index in [-0.39, 0.29) is 5.91 Å². The lowest BCUT2D eigenvalue weighted by atomic mass is 10.0. The summed E-state index contributed by atoms with van der Waals surface area (Å²) in [6.07, 6.45) is 2.10. The molecule has 17 heavy (non-hydrogen) atoms. The van der Waals surface area contributed by atoms with Crippen molar-refractivity contribution in [1.29, 1.82) is 0 Å². The standard InChI is InChI=1S/C13H19N3O/c14-12-4-6-16(7-5-12)9-10-2-1-3-11(8-10)13(15)17/h1-3,8,12H,4-7,9,14H2,(H2,15,17). The molecular formula is C13H19N3O. The van der Waals surface area contributed by atoms with Gasteiger partial charge in [0.15, 0.2) is 0 Å². The van der Waals surface area contributed by atoms with E-state index in [2.05, 4.69) is 4.90 Å². The second kappa shape index (κ2) is 5.29. The van der Waals surface area contributed by atoms with E-state index in [1.165, 1.54) is 0 Å². The average Bonchev–Trinajstić information content (AvgIpc) is 2.32. The zero-order valence-electron chi connectivity index (χ0n) is 9.93. The first-order valence-corrected chi connectivity index (χ1v) is 6.02. The van der Waals surface area contributed by atoms with Gasteiger partial charge in [-0.25, -0.2) is 0 Å². The summed E-state index contributed by atoms with van der Waals surface area (Å²) in [7, 11) is 0. The molecule has 92 valence electrons. The Balaban J connectivity index is 1.98. The average molecular weight is 233 g/mol. The summed E-state index contributed by atoms with van der Waals surface area (Å²) in [6, 6.07) is 7.88. The van der Waals surface area contributed by atoms with Crippen molar-refractivity contribution in [2.45, 2.75) is 25.4 Å². The molecule has 0 aromatic heterocycles. The van der Waals surface area contributed by atoms with Crippen LogP contribution in [-0.4, -0.2) is 29.9 Å². The molecule has 0 radical (unpaired) electrons. The maximum Gasteiger partial charge on any atom is 0.248 e. The lowest BCUT2D eigenvalue weighted by Gasteiger charge is -2.30. The highest BCUT2D eigenvalue weighted by atomic mass is 16.1. The number of benzene rings is 1. The van der Waals surface area contributed by atoms with Crippen molar-refractivity contribution < 1.29 is 4.79 Å². The van der Waals surface area contributed by atoms with Gasteiger partial charge in [0.2, 0.25) is 5.91 Å². The highest BCUT2D eigenvalue weighted by molar-refractivity contribution is 5.92. The molecule has 1 heterocycles. The first-order valence-electron chi connectivity index (χ1n) is 6.02. The van der Waals surface area contributed by atoms with Gasteiger partial charge in [0.05, 0.1) is 0 Å². The van der Waals surface area contributed by atoms with Crippen molar-refractivity contribution in [2.24, 2.45) is 11.5 Å². The minimum atomic E-state index is -0.368. The van der Waals surface area contributed by atoms with E-state index >= 15 is 0 Å². The van der Waals surface area contributed by atoms with Crippen LogP contribution < -0.4 is 11.5 Å². The van der Waals surface area contributed by atoms with E-state index in [1.807, 2.05) is 18.2 Å². The molecule has 1 aliphatic heterocycles. The van der Waals surface area contributed by atoms with E-state index in [0.29, 0.717) is 11.6 Å². The van der Waals surface area contributed by atoms with Gasteiger partial charge in [0.25, 0.3) is 0 Å². The third kappa shape index (κ3) is 3.28. The van der Waals surface area contributed by atoms with E-state index in [0.717, 1.165) is 38.0 Å². The van der Waals surface area contributed by atoms with Gasteiger partial charge in [-0.1, -0.05) is 12.1 Å². The molecule has 1 aromatic rings. The number of rotatable bonds is 3. The van der Waals surface area contributed by atoms with Crippen molar-refractivity contribution in [2.75, 3.05) is 13.1 Å². The quantitative estimate of drug-likeness (QED) is 0.807. The second-order valence-electron chi connectivity index (χ2n) is 4.68. The third-order valence-corrected chi connectivity index (χ3v) is 3.25. The number of carbonyl (C=O) groups is 1. The minimum Gasteiger partial charge on any atom is -0.366 e. The van der Waals surface area contributed by atoms with Crippen molar-refractivity contribution in [3.8, 4) is 0 Å². The number of nitrogens with two attached hydrogens (primary N) is 2. The zero-order chi connectivity index (χ0) is 12.3. The first kappa shape index (κ1) is 12.1. The van der Waals surface area contributed by atoms with Crippen LogP contribution in [0.5, 0.6) is 0 Å². The van der Waals surface area contributed by atoms with Gasteiger partial charge in [0.1, 0.15) is 0 Å². The Labute approximate surface area is 102 Å². The van der Waals surface area contributed by atoms with Crippen molar-refractivity contribution in [3.63, 3.8) is 0 Å². The smallest absolute Gasteiger partial charge is 0.248 e. The van der Waals surface area contributed by atoms with Crippen LogP contribution in [0.2, 0.25) is 0 Å². The number of hydrogen-bond donors (Lipinski definition) is 2. The van der Waals surface area contributed by atoms with Gasteiger partial charge in [0, 0.05) is 18.2 Å². The number of likely N-dealkylation sites (tertiary alicyclic amines) is 1.